The van der Waals surface area contributed by atoms with Crippen molar-refractivity contribution in [1.82, 2.24) is 4.90 Å². The van der Waals surface area contributed by atoms with Gasteiger partial charge in [-0.05, 0) is 77.7 Å². The van der Waals surface area contributed by atoms with Gasteiger partial charge in [-0.2, -0.15) is 0 Å². The molecule has 0 aliphatic carbocycles. The maximum atomic E-state index is 15.0. The molecule has 0 saturated carbocycles. The summed E-state index contributed by atoms with van der Waals surface area (Å²) in [6, 6.07) is 25.2. The van der Waals surface area contributed by atoms with Gasteiger partial charge in [0.1, 0.15) is 17.2 Å². The van der Waals surface area contributed by atoms with Crippen molar-refractivity contribution in [3.8, 4) is 5.75 Å². The van der Waals surface area contributed by atoms with Crippen LogP contribution in [0.25, 0.3) is 6.08 Å². The predicted molar refractivity (Wildman–Crippen MR) is 171 cm³/mol. The number of benzene rings is 4. The lowest BCUT2D eigenvalue weighted by Gasteiger charge is -2.38. The van der Waals surface area contributed by atoms with Gasteiger partial charge in [-0.3, -0.25) is 14.4 Å². The number of anilines is 1. The number of hydrogen-bond donors (Lipinski definition) is 1. The van der Waals surface area contributed by atoms with Gasteiger partial charge < -0.3 is 15.0 Å². The van der Waals surface area contributed by atoms with Crippen LogP contribution in [0, 0.1) is 5.92 Å². The highest BCUT2D eigenvalue weighted by Gasteiger charge is 2.70. The van der Waals surface area contributed by atoms with E-state index < -0.39 is 23.4 Å². The molecule has 0 aromatic heterocycles. The molecule has 0 unspecified atom stereocenters. The first kappa shape index (κ1) is 28.4. The fourth-order valence-corrected chi connectivity index (χ4v) is 7.63. The molecule has 1 amide bonds. The number of ether oxygens (including phenoxy) is 1. The normalized spacial score (nSPS) is 22.8. The number of hydrogen-bond acceptors (Lipinski definition) is 5. The van der Waals surface area contributed by atoms with Crippen molar-refractivity contribution < 1.29 is 19.1 Å². The summed E-state index contributed by atoms with van der Waals surface area (Å²) in [4.78, 5) is 46.1. The lowest BCUT2D eigenvalue weighted by molar-refractivity contribution is -0.122. The largest absolute Gasteiger partial charge is 0.494 e. The second kappa shape index (κ2) is 11.0. The van der Waals surface area contributed by atoms with Crippen molar-refractivity contribution in [3.05, 3.63) is 135 Å². The van der Waals surface area contributed by atoms with Crippen molar-refractivity contribution in [2.24, 2.45) is 5.92 Å². The number of Topliss-reactive ketones (excluding diaryl/α,β-unsaturated/α-hetero) is 2. The minimum absolute atomic E-state index is 0.182. The standard InChI is InChI=1S/C36H28Cl2N2O4/c1-2-19-44-24-14-11-22(12-15-24)32(41)30-31(33(42)26-16-13-23(37)20-28(26)38)40-18-17-21-7-3-4-8-25(21)34(40)36(30)27-9-5-6-10-29(27)39-35(36)43/h3-18,20,30-31,34H,2,19H2,1H3,(H,39,43)/t30-,31-,34+,36+/m0/s1. The lowest BCUT2D eigenvalue weighted by Crippen LogP contribution is -2.49. The minimum atomic E-state index is -1.43. The summed E-state index contributed by atoms with van der Waals surface area (Å²) in [7, 11) is 0. The molecule has 1 N–H and O–H groups in total. The number of para-hydroxylation sites is 1. The van der Waals surface area contributed by atoms with Crippen molar-refractivity contribution >= 4 is 52.4 Å². The quantitative estimate of drug-likeness (QED) is 0.213. The zero-order valence-electron chi connectivity index (χ0n) is 23.8. The molecule has 3 aliphatic heterocycles. The van der Waals surface area contributed by atoms with Gasteiger partial charge in [-0.25, -0.2) is 0 Å². The highest BCUT2D eigenvalue weighted by molar-refractivity contribution is 6.37. The van der Waals surface area contributed by atoms with Gasteiger partial charge in [0.25, 0.3) is 0 Å². The SMILES string of the molecule is CCCOc1ccc(C(=O)[C@@H]2[C@@H](C(=O)c3ccc(Cl)cc3Cl)N3C=Cc4ccccc4[C@@H]3[C@]23C(=O)Nc2ccccc23)cc1. The summed E-state index contributed by atoms with van der Waals surface area (Å²) >= 11 is 12.8. The summed E-state index contributed by atoms with van der Waals surface area (Å²) in [6.45, 7) is 2.57. The summed E-state index contributed by atoms with van der Waals surface area (Å²) in [5.74, 6) is -1.46. The number of ketones is 2. The Labute approximate surface area is 265 Å². The van der Waals surface area contributed by atoms with Crippen LogP contribution in [0.1, 0.15) is 56.8 Å². The van der Waals surface area contributed by atoms with E-state index >= 15 is 0 Å². The van der Waals surface area contributed by atoms with E-state index in [1.54, 1.807) is 36.4 Å². The van der Waals surface area contributed by atoms with Crippen LogP contribution in [0.2, 0.25) is 10.0 Å². The minimum Gasteiger partial charge on any atom is -0.494 e. The third-order valence-corrected chi connectivity index (χ3v) is 9.48. The van der Waals surface area contributed by atoms with Gasteiger partial charge >= 0.3 is 0 Å². The number of fused-ring (bicyclic) bond motifs is 6. The molecule has 4 atom stereocenters. The molecule has 44 heavy (non-hydrogen) atoms. The summed E-state index contributed by atoms with van der Waals surface area (Å²) in [5.41, 5.74) is 2.29. The van der Waals surface area contributed by atoms with E-state index in [-0.39, 0.29) is 28.1 Å². The van der Waals surface area contributed by atoms with Gasteiger partial charge in [0.15, 0.2) is 11.6 Å². The molecule has 3 heterocycles. The highest BCUT2D eigenvalue weighted by Crippen LogP contribution is 2.62. The van der Waals surface area contributed by atoms with Crippen LogP contribution in [0.5, 0.6) is 5.75 Å². The average Bonchev–Trinajstić information content (AvgIpc) is 3.51. The molecule has 4 aromatic rings. The number of carbonyl (C=O) groups excluding carboxylic acids is 3. The maximum Gasteiger partial charge on any atom is 0.238 e. The summed E-state index contributed by atoms with van der Waals surface area (Å²) < 4.78 is 5.76. The molecule has 1 saturated heterocycles. The Balaban J connectivity index is 1.48. The fourth-order valence-electron chi connectivity index (χ4n) is 7.13. The van der Waals surface area contributed by atoms with Crippen molar-refractivity contribution in [2.75, 3.05) is 11.9 Å². The van der Waals surface area contributed by atoms with Crippen LogP contribution in [0.15, 0.2) is 97.2 Å². The molecule has 4 aromatic carbocycles. The smallest absolute Gasteiger partial charge is 0.238 e. The Morgan fingerprint density at radius 1 is 0.932 bits per heavy atom. The van der Waals surface area contributed by atoms with Gasteiger partial charge in [0, 0.05) is 28.0 Å². The third kappa shape index (κ3) is 4.20. The first-order chi connectivity index (χ1) is 21.4. The van der Waals surface area contributed by atoms with Crippen molar-refractivity contribution in [3.63, 3.8) is 0 Å². The Bertz CT molecular complexity index is 1850. The molecule has 1 fully saturated rings. The number of halogens is 2. The third-order valence-electron chi connectivity index (χ3n) is 8.93. The van der Waals surface area contributed by atoms with E-state index in [0.717, 1.165) is 17.5 Å². The zero-order chi connectivity index (χ0) is 30.6. The molecule has 7 rings (SSSR count). The molecule has 8 heteroatoms. The van der Waals surface area contributed by atoms with E-state index in [4.69, 9.17) is 27.9 Å². The Morgan fingerprint density at radius 3 is 2.45 bits per heavy atom. The van der Waals surface area contributed by atoms with Crippen LogP contribution < -0.4 is 10.1 Å². The molecule has 0 bridgehead atoms. The number of nitrogens with zero attached hydrogens (tertiary/aromatic N) is 1. The van der Waals surface area contributed by atoms with Crippen LogP contribution in [0.3, 0.4) is 0 Å². The van der Waals surface area contributed by atoms with E-state index in [1.807, 2.05) is 72.6 Å². The summed E-state index contributed by atoms with van der Waals surface area (Å²) in [5, 5.41) is 3.64. The van der Waals surface area contributed by atoms with Gasteiger partial charge in [-0.1, -0.05) is 72.6 Å². The van der Waals surface area contributed by atoms with Gasteiger partial charge in [0.2, 0.25) is 5.91 Å². The first-order valence-corrected chi connectivity index (χ1v) is 15.3. The van der Waals surface area contributed by atoms with Crippen LogP contribution >= 0.6 is 23.2 Å². The van der Waals surface area contributed by atoms with E-state index in [0.29, 0.717) is 34.2 Å². The zero-order valence-corrected chi connectivity index (χ0v) is 25.3. The molecule has 6 nitrogen and oxygen atoms in total. The van der Waals surface area contributed by atoms with E-state index in [1.165, 1.54) is 6.07 Å². The molecule has 220 valence electrons. The Morgan fingerprint density at radius 2 is 1.68 bits per heavy atom. The number of rotatable bonds is 7. The average molecular weight is 624 g/mol. The predicted octanol–water partition coefficient (Wildman–Crippen LogP) is 7.76. The number of amides is 1. The van der Waals surface area contributed by atoms with Crippen molar-refractivity contribution in [1.29, 1.82) is 0 Å². The summed E-state index contributed by atoms with van der Waals surface area (Å²) in [6.07, 6.45) is 4.61. The Kier molecular flexibility index (Phi) is 7.07. The van der Waals surface area contributed by atoms with Crippen LogP contribution in [-0.2, 0) is 10.2 Å². The molecular weight excluding hydrogens is 595 g/mol. The van der Waals surface area contributed by atoms with E-state index in [9.17, 15) is 14.4 Å². The first-order valence-electron chi connectivity index (χ1n) is 14.6. The number of carbonyl (C=O) groups is 3. The highest BCUT2D eigenvalue weighted by atomic mass is 35.5. The second-order valence-corrected chi connectivity index (χ2v) is 12.2. The maximum absolute atomic E-state index is 15.0. The van der Waals surface area contributed by atoms with Crippen LogP contribution in [0.4, 0.5) is 5.69 Å². The van der Waals surface area contributed by atoms with Gasteiger partial charge in [0.05, 0.1) is 23.6 Å². The molecular formula is C36H28Cl2N2O4. The molecule has 3 aliphatic rings. The Hall–Kier alpha value is -4.39. The second-order valence-electron chi connectivity index (χ2n) is 11.3. The number of nitrogens with one attached hydrogen (secondary N) is 1. The van der Waals surface area contributed by atoms with Crippen LogP contribution in [-0.4, -0.2) is 35.0 Å². The fraction of sp³-hybridized carbons (Fsp3) is 0.194. The van der Waals surface area contributed by atoms with Gasteiger partial charge in [-0.15, -0.1) is 0 Å². The lowest BCUT2D eigenvalue weighted by atomic mass is 9.62. The topological polar surface area (TPSA) is 75.7 Å². The monoisotopic (exact) mass is 622 g/mol. The van der Waals surface area contributed by atoms with Crippen molar-refractivity contribution in [2.45, 2.75) is 30.8 Å². The molecule has 0 radical (unpaired) electrons. The molecule has 1 spiro atoms. The van der Waals surface area contributed by atoms with E-state index in [2.05, 4.69) is 5.32 Å².